The van der Waals surface area contributed by atoms with Crippen LogP contribution in [0.5, 0.6) is 17.2 Å². The maximum absolute atomic E-state index is 12.7. The van der Waals surface area contributed by atoms with Crippen molar-refractivity contribution in [1.82, 2.24) is 0 Å². The summed E-state index contributed by atoms with van der Waals surface area (Å²) in [4.78, 5) is 5.58. The zero-order valence-corrected chi connectivity index (χ0v) is 15.0. The molecule has 7 heteroatoms. The summed E-state index contributed by atoms with van der Waals surface area (Å²) in [6.07, 6.45) is 0.225. The Hall–Kier alpha value is -2.60. The Morgan fingerprint density at radius 2 is 1.92 bits per heavy atom. The number of allylic oxidation sites excluding steroid dienone is 1. The van der Waals surface area contributed by atoms with Gasteiger partial charge < -0.3 is 14.4 Å². The summed E-state index contributed by atoms with van der Waals surface area (Å²) in [5.74, 6) is 1.61. The van der Waals surface area contributed by atoms with Crippen LogP contribution in [-0.2, 0) is 0 Å². The Labute approximate surface area is 155 Å². The molecule has 0 amide bonds. The van der Waals surface area contributed by atoms with E-state index in [1.807, 2.05) is 31.2 Å². The number of ether oxygens (including phenoxy) is 2. The fourth-order valence-electron chi connectivity index (χ4n) is 2.50. The smallest absolute Gasteiger partial charge is 0.280 e. The molecule has 26 heavy (non-hydrogen) atoms. The lowest BCUT2D eigenvalue weighted by Gasteiger charge is -2.25. The van der Waals surface area contributed by atoms with Gasteiger partial charge >= 0.3 is 0 Å². The number of hydrogen-bond acceptors (Lipinski definition) is 4. The number of aryl methyl sites for hydroxylation is 1. The molecule has 0 spiro atoms. The number of rotatable bonds is 5. The molecule has 2 aromatic carbocycles. The number of benzene rings is 2. The number of nitrogens with zero attached hydrogens (tertiary/aromatic N) is 2. The summed E-state index contributed by atoms with van der Waals surface area (Å²) in [5, 5.41) is 0.381. The summed E-state index contributed by atoms with van der Waals surface area (Å²) in [6, 6.07) is 10.9. The molecule has 0 unspecified atom stereocenters. The van der Waals surface area contributed by atoms with E-state index in [9.17, 15) is 8.78 Å². The van der Waals surface area contributed by atoms with E-state index in [4.69, 9.17) is 21.1 Å². The topological polar surface area (TPSA) is 34.1 Å². The summed E-state index contributed by atoms with van der Waals surface area (Å²) in [6.45, 7) is 1.99. The van der Waals surface area contributed by atoms with E-state index in [-0.39, 0.29) is 12.4 Å². The molecule has 0 fully saturated rings. The highest BCUT2D eigenvalue weighted by Gasteiger charge is 2.20. The quantitative estimate of drug-likeness (QED) is 0.694. The van der Waals surface area contributed by atoms with Gasteiger partial charge in [-0.1, -0.05) is 29.8 Å². The first kappa shape index (κ1) is 18.2. The molecule has 1 heterocycles. The predicted molar refractivity (Wildman–Crippen MR) is 99.2 cm³/mol. The molecule has 0 atom stereocenters. The maximum atomic E-state index is 12.7. The van der Waals surface area contributed by atoms with Gasteiger partial charge in [0.2, 0.25) is 0 Å². The Kier molecular flexibility index (Phi) is 5.42. The monoisotopic (exact) mass is 378 g/mol. The minimum Gasteiger partial charge on any atom is -0.495 e. The molecular formula is C19H17ClF2N2O2. The van der Waals surface area contributed by atoms with Crippen molar-refractivity contribution in [2.45, 2.75) is 13.3 Å². The third-order valence-corrected chi connectivity index (χ3v) is 4.21. The summed E-state index contributed by atoms with van der Waals surface area (Å²) < 4.78 is 36.8. The average Bonchev–Trinajstić information content (AvgIpc) is 2.64. The van der Waals surface area contributed by atoms with Gasteiger partial charge in [-0.3, -0.25) is 4.99 Å². The van der Waals surface area contributed by atoms with E-state index in [2.05, 4.69) is 4.99 Å². The van der Waals surface area contributed by atoms with Gasteiger partial charge in [0.15, 0.2) is 0 Å². The van der Waals surface area contributed by atoms with Crippen molar-refractivity contribution in [2.75, 3.05) is 18.7 Å². The van der Waals surface area contributed by atoms with Gasteiger partial charge in [0.1, 0.15) is 29.6 Å². The van der Waals surface area contributed by atoms with Crippen LogP contribution in [0.25, 0.3) is 0 Å². The van der Waals surface area contributed by atoms with Crippen LogP contribution in [0.3, 0.4) is 0 Å². The van der Waals surface area contributed by atoms with Gasteiger partial charge in [0.25, 0.3) is 6.43 Å². The second kappa shape index (κ2) is 7.74. The number of methoxy groups -OCH3 is 1. The number of para-hydroxylation sites is 1. The maximum Gasteiger partial charge on any atom is 0.280 e. The van der Waals surface area contributed by atoms with Crippen molar-refractivity contribution in [3.8, 4) is 17.2 Å². The van der Waals surface area contributed by atoms with Crippen molar-refractivity contribution in [3.05, 3.63) is 59.3 Å². The van der Waals surface area contributed by atoms with E-state index in [0.717, 1.165) is 5.56 Å². The Balaban J connectivity index is 1.93. The van der Waals surface area contributed by atoms with E-state index < -0.39 is 6.43 Å². The Morgan fingerprint density at radius 3 is 2.54 bits per heavy atom. The van der Waals surface area contributed by atoms with Crippen LogP contribution in [0, 0.1) is 6.92 Å². The van der Waals surface area contributed by atoms with E-state index >= 15 is 0 Å². The second-order valence-electron chi connectivity index (χ2n) is 5.63. The first-order chi connectivity index (χ1) is 12.5. The molecule has 0 aromatic heterocycles. The molecule has 0 radical (unpaired) electrons. The third kappa shape index (κ3) is 3.80. The first-order valence-corrected chi connectivity index (χ1v) is 8.25. The van der Waals surface area contributed by atoms with Crippen molar-refractivity contribution in [1.29, 1.82) is 0 Å². The van der Waals surface area contributed by atoms with Gasteiger partial charge in [-0.15, -0.1) is 0 Å². The zero-order valence-electron chi connectivity index (χ0n) is 14.2. The number of hydrogen-bond donors (Lipinski definition) is 0. The second-order valence-corrected chi connectivity index (χ2v) is 6.04. The van der Waals surface area contributed by atoms with Gasteiger partial charge in [-0.05, 0) is 24.6 Å². The van der Waals surface area contributed by atoms with Crippen molar-refractivity contribution < 1.29 is 18.3 Å². The van der Waals surface area contributed by atoms with Crippen LogP contribution in [0.15, 0.2) is 53.7 Å². The van der Waals surface area contributed by atoms with Gasteiger partial charge in [-0.2, -0.15) is 0 Å². The fraction of sp³-hybridized carbons (Fsp3) is 0.211. The van der Waals surface area contributed by atoms with Gasteiger partial charge in [0.05, 0.1) is 17.8 Å². The van der Waals surface area contributed by atoms with Crippen LogP contribution < -0.4 is 14.4 Å². The molecule has 0 saturated carbocycles. The molecule has 0 aliphatic carbocycles. The highest BCUT2D eigenvalue weighted by Crippen LogP contribution is 2.41. The minimum atomic E-state index is -2.60. The number of halogens is 3. The lowest BCUT2D eigenvalue weighted by molar-refractivity contribution is 0.226. The van der Waals surface area contributed by atoms with Gasteiger partial charge in [0, 0.05) is 18.3 Å². The SMILES string of the molecule is COc1cc(Cl)c(Oc2ccccc2C)cc1N1C=CC(C(F)F)=NC1. The molecule has 1 aliphatic rings. The van der Waals surface area contributed by atoms with Crippen LogP contribution in [0.4, 0.5) is 14.5 Å². The molecular weight excluding hydrogens is 362 g/mol. The molecule has 0 N–H and O–H groups in total. The van der Waals surface area contributed by atoms with Gasteiger partial charge in [-0.25, -0.2) is 8.78 Å². The van der Waals surface area contributed by atoms with Crippen LogP contribution in [0.2, 0.25) is 5.02 Å². The Morgan fingerprint density at radius 1 is 1.15 bits per heavy atom. The van der Waals surface area contributed by atoms with Crippen LogP contribution in [-0.4, -0.2) is 25.9 Å². The molecule has 1 aliphatic heterocycles. The third-order valence-electron chi connectivity index (χ3n) is 3.91. The van der Waals surface area contributed by atoms with Crippen molar-refractivity contribution in [2.24, 2.45) is 4.99 Å². The van der Waals surface area contributed by atoms with E-state index in [1.54, 1.807) is 17.0 Å². The predicted octanol–water partition coefficient (Wildman–Crippen LogP) is 5.45. The molecule has 4 nitrogen and oxygen atoms in total. The lowest BCUT2D eigenvalue weighted by atomic mass is 10.2. The fourth-order valence-corrected chi connectivity index (χ4v) is 2.69. The first-order valence-electron chi connectivity index (χ1n) is 7.88. The summed E-state index contributed by atoms with van der Waals surface area (Å²) in [5.41, 5.74) is 1.34. The number of alkyl halides is 2. The minimum absolute atomic E-state index is 0.0535. The molecule has 3 rings (SSSR count). The van der Waals surface area contributed by atoms with Crippen molar-refractivity contribution in [3.63, 3.8) is 0 Å². The molecule has 136 valence electrons. The van der Waals surface area contributed by atoms with E-state index in [1.165, 1.54) is 19.4 Å². The normalized spacial score (nSPS) is 13.8. The number of anilines is 1. The summed E-state index contributed by atoms with van der Waals surface area (Å²) >= 11 is 6.32. The molecule has 0 saturated heterocycles. The highest BCUT2D eigenvalue weighted by atomic mass is 35.5. The largest absolute Gasteiger partial charge is 0.495 e. The zero-order chi connectivity index (χ0) is 18.7. The number of aliphatic imine (C=N–C) groups is 1. The molecule has 2 aromatic rings. The molecule has 0 bridgehead atoms. The van der Waals surface area contributed by atoms with E-state index in [0.29, 0.717) is 28.0 Å². The van der Waals surface area contributed by atoms with Crippen LogP contribution in [0.1, 0.15) is 5.56 Å². The summed E-state index contributed by atoms with van der Waals surface area (Å²) in [7, 11) is 1.51. The lowest BCUT2D eigenvalue weighted by Crippen LogP contribution is -2.24. The van der Waals surface area contributed by atoms with Crippen molar-refractivity contribution >= 4 is 23.0 Å². The highest BCUT2D eigenvalue weighted by molar-refractivity contribution is 6.32. The average molecular weight is 379 g/mol. The van der Waals surface area contributed by atoms with Crippen LogP contribution >= 0.6 is 11.6 Å². The standard InChI is InChI=1S/C19H17ClF2N2O2/c1-12-5-3-4-6-16(12)26-17-10-15(18(25-2)9-13(17)20)24-8-7-14(19(21)22)23-11-24/h3-10,19H,11H2,1-2H3. The Bertz CT molecular complexity index is 869.